The highest BCUT2D eigenvalue weighted by Gasteiger charge is 2.22. The summed E-state index contributed by atoms with van der Waals surface area (Å²) in [5, 5.41) is 6.00. The molecule has 0 saturated carbocycles. The second-order valence-electron chi connectivity index (χ2n) is 5.68. The van der Waals surface area contributed by atoms with E-state index in [1.165, 1.54) is 25.3 Å². The van der Waals surface area contributed by atoms with Crippen molar-refractivity contribution in [3.8, 4) is 5.75 Å². The number of amides is 1. The maximum atomic E-state index is 13.7. The molecule has 1 saturated heterocycles. The van der Waals surface area contributed by atoms with E-state index in [4.69, 9.17) is 4.74 Å². The molecule has 1 aliphatic rings. The Balaban J connectivity index is 1.91. The lowest BCUT2D eigenvalue weighted by Crippen LogP contribution is -2.34. The van der Waals surface area contributed by atoms with Crippen molar-refractivity contribution >= 4 is 11.6 Å². The topological polar surface area (TPSA) is 50.4 Å². The summed E-state index contributed by atoms with van der Waals surface area (Å²) >= 11 is 0. The molecule has 1 aromatic rings. The first-order valence-electron chi connectivity index (χ1n) is 7.44. The van der Waals surface area contributed by atoms with E-state index >= 15 is 0 Å². The van der Waals surface area contributed by atoms with Gasteiger partial charge in [0.15, 0.2) is 0 Å². The fraction of sp³-hybridized carbons (Fsp3) is 0.562. The molecule has 0 aliphatic carbocycles. The number of rotatable bonds is 5. The molecule has 1 aliphatic heterocycles. The minimum absolute atomic E-state index is 0.153. The molecule has 5 heteroatoms. The zero-order chi connectivity index (χ0) is 15.2. The number of nitrogens with one attached hydrogen (secondary N) is 2. The van der Waals surface area contributed by atoms with Gasteiger partial charge in [0.2, 0.25) is 5.91 Å². The van der Waals surface area contributed by atoms with E-state index in [2.05, 4.69) is 17.6 Å². The number of methoxy groups -OCH3 is 1. The average Bonchev–Trinajstić information content (AvgIpc) is 2.50. The van der Waals surface area contributed by atoms with Crippen molar-refractivity contribution in [2.75, 3.05) is 25.5 Å². The molecule has 0 spiro atoms. The SMILES string of the molecule is COc1ccc(F)c(NC(=O)CC(C)C2CCCNC2)c1. The van der Waals surface area contributed by atoms with Gasteiger partial charge in [0.05, 0.1) is 12.8 Å². The lowest BCUT2D eigenvalue weighted by atomic mass is 9.85. The number of anilines is 1. The summed E-state index contributed by atoms with van der Waals surface area (Å²) in [5.41, 5.74) is 0.174. The highest BCUT2D eigenvalue weighted by molar-refractivity contribution is 5.91. The molecule has 2 rings (SSSR count). The normalized spacial score (nSPS) is 19.9. The molecule has 1 heterocycles. The van der Waals surface area contributed by atoms with Crippen molar-refractivity contribution in [1.29, 1.82) is 0 Å². The number of hydrogen-bond acceptors (Lipinski definition) is 3. The summed E-state index contributed by atoms with van der Waals surface area (Å²) in [7, 11) is 1.51. The van der Waals surface area contributed by atoms with Crippen LogP contribution in [-0.4, -0.2) is 26.1 Å². The minimum Gasteiger partial charge on any atom is -0.497 e. The molecule has 0 radical (unpaired) electrons. The maximum Gasteiger partial charge on any atom is 0.224 e. The smallest absolute Gasteiger partial charge is 0.224 e. The van der Waals surface area contributed by atoms with Crippen molar-refractivity contribution in [1.82, 2.24) is 5.32 Å². The molecule has 116 valence electrons. The molecule has 0 bridgehead atoms. The van der Waals surface area contributed by atoms with Crippen LogP contribution in [0.4, 0.5) is 10.1 Å². The van der Waals surface area contributed by atoms with Crippen LogP contribution in [0.3, 0.4) is 0 Å². The molecule has 1 fully saturated rings. The first kappa shape index (κ1) is 15.8. The summed E-state index contributed by atoms with van der Waals surface area (Å²) in [4.78, 5) is 12.1. The molecule has 2 unspecified atom stereocenters. The van der Waals surface area contributed by atoms with E-state index in [-0.39, 0.29) is 17.5 Å². The predicted molar refractivity (Wildman–Crippen MR) is 81.0 cm³/mol. The van der Waals surface area contributed by atoms with Gasteiger partial charge in [-0.3, -0.25) is 4.79 Å². The summed E-state index contributed by atoms with van der Waals surface area (Å²) in [6.45, 7) is 4.10. The van der Waals surface area contributed by atoms with E-state index < -0.39 is 5.82 Å². The Kier molecular flexibility index (Phi) is 5.56. The number of carbonyl (C=O) groups excluding carboxylic acids is 1. The number of benzene rings is 1. The van der Waals surface area contributed by atoms with Crippen LogP contribution in [0.2, 0.25) is 0 Å². The standard InChI is InChI=1S/C16H23FN2O2/c1-11(12-4-3-7-18-10-12)8-16(20)19-15-9-13(21-2)5-6-14(15)17/h5-6,9,11-12,18H,3-4,7-8,10H2,1-2H3,(H,19,20). The van der Waals surface area contributed by atoms with Gasteiger partial charge in [-0.15, -0.1) is 0 Å². The Bertz CT molecular complexity index is 487. The van der Waals surface area contributed by atoms with Crippen LogP contribution < -0.4 is 15.4 Å². The van der Waals surface area contributed by atoms with Gasteiger partial charge in [0.1, 0.15) is 11.6 Å². The highest BCUT2D eigenvalue weighted by atomic mass is 19.1. The Morgan fingerprint density at radius 2 is 2.38 bits per heavy atom. The van der Waals surface area contributed by atoms with E-state index in [0.29, 0.717) is 18.1 Å². The van der Waals surface area contributed by atoms with Crippen LogP contribution in [-0.2, 0) is 4.79 Å². The van der Waals surface area contributed by atoms with Gasteiger partial charge in [-0.1, -0.05) is 6.92 Å². The minimum atomic E-state index is -0.448. The molecule has 4 nitrogen and oxygen atoms in total. The molecular weight excluding hydrogens is 271 g/mol. The van der Waals surface area contributed by atoms with Crippen LogP contribution in [0.15, 0.2) is 18.2 Å². The molecule has 1 amide bonds. The number of carbonyl (C=O) groups is 1. The van der Waals surface area contributed by atoms with Crippen molar-refractivity contribution in [2.45, 2.75) is 26.2 Å². The monoisotopic (exact) mass is 294 g/mol. The van der Waals surface area contributed by atoms with Crippen LogP contribution >= 0.6 is 0 Å². The summed E-state index contributed by atoms with van der Waals surface area (Å²) < 4.78 is 18.7. The van der Waals surface area contributed by atoms with Crippen molar-refractivity contribution in [3.05, 3.63) is 24.0 Å². The molecular formula is C16H23FN2O2. The summed E-state index contributed by atoms with van der Waals surface area (Å²) in [5.74, 6) is 0.721. The summed E-state index contributed by atoms with van der Waals surface area (Å²) in [6.07, 6.45) is 2.71. The summed E-state index contributed by atoms with van der Waals surface area (Å²) in [6, 6.07) is 4.32. The van der Waals surface area contributed by atoms with Gasteiger partial charge in [-0.2, -0.15) is 0 Å². The maximum absolute atomic E-state index is 13.7. The quantitative estimate of drug-likeness (QED) is 0.878. The van der Waals surface area contributed by atoms with E-state index in [1.54, 1.807) is 0 Å². The first-order valence-corrected chi connectivity index (χ1v) is 7.44. The highest BCUT2D eigenvalue weighted by Crippen LogP contribution is 2.25. The van der Waals surface area contributed by atoms with E-state index in [0.717, 1.165) is 25.9 Å². The second kappa shape index (κ2) is 7.41. The molecule has 2 atom stereocenters. The van der Waals surface area contributed by atoms with Gasteiger partial charge in [0.25, 0.3) is 0 Å². The van der Waals surface area contributed by atoms with Crippen LogP contribution in [0.1, 0.15) is 26.2 Å². The third-order valence-corrected chi connectivity index (χ3v) is 4.09. The zero-order valence-electron chi connectivity index (χ0n) is 12.6. The lowest BCUT2D eigenvalue weighted by molar-refractivity contribution is -0.117. The first-order chi connectivity index (χ1) is 10.1. The number of piperidine rings is 1. The average molecular weight is 294 g/mol. The van der Waals surface area contributed by atoms with Crippen molar-refractivity contribution in [3.63, 3.8) is 0 Å². The molecule has 2 N–H and O–H groups in total. The van der Waals surface area contributed by atoms with E-state index in [9.17, 15) is 9.18 Å². The Morgan fingerprint density at radius 3 is 3.05 bits per heavy atom. The van der Waals surface area contributed by atoms with Crippen LogP contribution in [0.25, 0.3) is 0 Å². The van der Waals surface area contributed by atoms with E-state index in [1.807, 2.05) is 0 Å². The van der Waals surface area contributed by atoms with Crippen LogP contribution in [0.5, 0.6) is 5.75 Å². The van der Waals surface area contributed by atoms with Crippen molar-refractivity contribution in [2.24, 2.45) is 11.8 Å². The van der Waals surface area contributed by atoms with Gasteiger partial charge >= 0.3 is 0 Å². The Labute approximate surface area is 125 Å². The predicted octanol–water partition coefficient (Wildman–Crippen LogP) is 2.80. The lowest BCUT2D eigenvalue weighted by Gasteiger charge is -2.28. The molecule has 0 aromatic heterocycles. The van der Waals surface area contributed by atoms with Gasteiger partial charge in [-0.25, -0.2) is 4.39 Å². The van der Waals surface area contributed by atoms with Gasteiger partial charge in [-0.05, 0) is 49.9 Å². The fourth-order valence-corrected chi connectivity index (χ4v) is 2.75. The van der Waals surface area contributed by atoms with Crippen LogP contribution in [0, 0.1) is 17.7 Å². The molecule has 21 heavy (non-hydrogen) atoms. The largest absolute Gasteiger partial charge is 0.497 e. The fourth-order valence-electron chi connectivity index (χ4n) is 2.75. The van der Waals surface area contributed by atoms with Gasteiger partial charge in [0, 0.05) is 12.5 Å². The number of halogens is 1. The van der Waals surface area contributed by atoms with Gasteiger partial charge < -0.3 is 15.4 Å². The zero-order valence-corrected chi connectivity index (χ0v) is 12.6. The number of ether oxygens (including phenoxy) is 1. The second-order valence-corrected chi connectivity index (χ2v) is 5.68. The third-order valence-electron chi connectivity index (χ3n) is 4.09. The third kappa shape index (κ3) is 4.43. The number of hydrogen-bond donors (Lipinski definition) is 2. The Morgan fingerprint density at radius 1 is 1.57 bits per heavy atom. The Hall–Kier alpha value is -1.62. The van der Waals surface area contributed by atoms with Crippen molar-refractivity contribution < 1.29 is 13.9 Å². The molecule has 1 aromatic carbocycles.